The number of H-pyrrole nitrogens is 1. The van der Waals surface area contributed by atoms with Gasteiger partial charge in [-0.2, -0.15) is 5.10 Å². The number of aromatic amines is 1. The van der Waals surface area contributed by atoms with Crippen molar-refractivity contribution in [3.8, 4) is 5.69 Å². The summed E-state index contributed by atoms with van der Waals surface area (Å²) < 4.78 is 1.28. The summed E-state index contributed by atoms with van der Waals surface area (Å²) in [6.07, 6.45) is 0.831. The molecule has 2 aromatic rings. The molecular weight excluding hydrogens is 274 g/mol. The molecule has 112 valence electrons. The molecular formula is C13H17N5O3. The van der Waals surface area contributed by atoms with Gasteiger partial charge in [-0.05, 0) is 12.0 Å². The molecule has 1 heterocycles. The van der Waals surface area contributed by atoms with Gasteiger partial charge in [-0.15, -0.1) is 0 Å². The average molecular weight is 291 g/mol. The molecule has 2 rings (SSSR count). The fraction of sp³-hybridized carbons (Fsp3) is 0.385. The Morgan fingerprint density at radius 2 is 2.24 bits per heavy atom. The topological polar surface area (TPSA) is 120 Å². The van der Waals surface area contributed by atoms with Crippen LogP contribution in [-0.2, 0) is 0 Å². The summed E-state index contributed by atoms with van der Waals surface area (Å²) in [7, 11) is 0. The lowest BCUT2D eigenvalue weighted by molar-refractivity contribution is -0.384. The summed E-state index contributed by atoms with van der Waals surface area (Å²) in [6.45, 7) is 3.95. The molecule has 0 amide bonds. The van der Waals surface area contributed by atoms with Gasteiger partial charge in [0.15, 0.2) is 5.82 Å². The van der Waals surface area contributed by atoms with Crippen LogP contribution in [0, 0.1) is 16.0 Å². The monoisotopic (exact) mass is 291 g/mol. The first-order valence-corrected chi connectivity index (χ1v) is 6.63. The maximum atomic E-state index is 12.0. The fourth-order valence-corrected chi connectivity index (χ4v) is 2.04. The molecule has 0 fully saturated rings. The second-order valence-electron chi connectivity index (χ2n) is 4.91. The molecule has 8 nitrogen and oxygen atoms in total. The van der Waals surface area contributed by atoms with Crippen molar-refractivity contribution < 1.29 is 4.92 Å². The van der Waals surface area contributed by atoms with Crippen LogP contribution >= 0.6 is 0 Å². The highest BCUT2D eigenvalue weighted by Crippen LogP contribution is 2.22. The van der Waals surface area contributed by atoms with Crippen molar-refractivity contribution in [2.75, 3.05) is 0 Å². The van der Waals surface area contributed by atoms with Crippen LogP contribution in [0.15, 0.2) is 29.1 Å². The molecule has 0 radical (unpaired) electrons. The maximum absolute atomic E-state index is 12.0. The molecule has 21 heavy (non-hydrogen) atoms. The Labute approximate surface area is 120 Å². The van der Waals surface area contributed by atoms with Crippen LogP contribution in [0.2, 0.25) is 0 Å². The third-order valence-electron chi connectivity index (χ3n) is 3.55. The Morgan fingerprint density at radius 3 is 2.86 bits per heavy atom. The largest absolute Gasteiger partial charge is 0.347 e. The zero-order valence-electron chi connectivity index (χ0n) is 11.8. The molecule has 0 unspecified atom stereocenters. The molecule has 0 bridgehead atoms. The Balaban J connectivity index is 2.54. The highest BCUT2D eigenvalue weighted by molar-refractivity contribution is 5.43. The van der Waals surface area contributed by atoms with E-state index < -0.39 is 16.7 Å². The third-order valence-corrected chi connectivity index (χ3v) is 3.55. The number of nitrogens with one attached hydrogen (secondary N) is 1. The van der Waals surface area contributed by atoms with Crippen molar-refractivity contribution in [1.29, 1.82) is 0 Å². The van der Waals surface area contributed by atoms with Gasteiger partial charge in [0.2, 0.25) is 0 Å². The number of non-ortho nitro benzene ring substituents is 1. The summed E-state index contributed by atoms with van der Waals surface area (Å²) >= 11 is 0. The van der Waals surface area contributed by atoms with E-state index in [1.807, 2.05) is 13.8 Å². The van der Waals surface area contributed by atoms with Crippen LogP contribution in [0.1, 0.15) is 32.1 Å². The van der Waals surface area contributed by atoms with E-state index in [1.54, 1.807) is 6.07 Å². The van der Waals surface area contributed by atoms with E-state index in [2.05, 4.69) is 10.2 Å². The predicted molar refractivity (Wildman–Crippen MR) is 77.2 cm³/mol. The zero-order chi connectivity index (χ0) is 15.6. The Morgan fingerprint density at radius 1 is 1.52 bits per heavy atom. The second-order valence-corrected chi connectivity index (χ2v) is 4.91. The standard InChI is InChI=1S/C13H17N5O3/c1-3-8(2)11(14)12-15-16-13(19)17(12)9-5-4-6-10(7-9)18(20)21/h4-8,11H,3,14H2,1-2H3,(H,16,19)/t8-,11-/m0/s1. The molecule has 0 aliphatic carbocycles. The Kier molecular flexibility index (Phi) is 4.18. The molecule has 0 aliphatic rings. The lowest BCUT2D eigenvalue weighted by atomic mass is 9.99. The van der Waals surface area contributed by atoms with E-state index in [-0.39, 0.29) is 11.6 Å². The van der Waals surface area contributed by atoms with Crippen molar-refractivity contribution in [2.24, 2.45) is 11.7 Å². The van der Waals surface area contributed by atoms with Gasteiger partial charge < -0.3 is 5.73 Å². The summed E-state index contributed by atoms with van der Waals surface area (Å²) in [5.41, 5.74) is 5.93. The highest BCUT2D eigenvalue weighted by Gasteiger charge is 2.22. The van der Waals surface area contributed by atoms with Gasteiger partial charge in [-0.1, -0.05) is 26.3 Å². The van der Waals surface area contributed by atoms with Gasteiger partial charge in [0.1, 0.15) is 0 Å². The number of hydrogen-bond acceptors (Lipinski definition) is 5. The first-order chi connectivity index (χ1) is 9.95. The third kappa shape index (κ3) is 2.84. The van der Waals surface area contributed by atoms with Crippen LogP contribution < -0.4 is 11.4 Å². The highest BCUT2D eigenvalue weighted by atomic mass is 16.6. The van der Waals surface area contributed by atoms with Gasteiger partial charge in [0.25, 0.3) is 5.69 Å². The van der Waals surface area contributed by atoms with E-state index in [4.69, 9.17) is 5.73 Å². The molecule has 0 aliphatic heterocycles. The van der Waals surface area contributed by atoms with Crippen LogP contribution in [-0.4, -0.2) is 19.7 Å². The smallest absolute Gasteiger partial charge is 0.321 e. The number of aromatic nitrogens is 3. The zero-order valence-corrected chi connectivity index (χ0v) is 11.8. The lowest BCUT2D eigenvalue weighted by Gasteiger charge is -2.18. The van der Waals surface area contributed by atoms with Crippen molar-refractivity contribution >= 4 is 5.69 Å². The van der Waals surface area contributed by atoms with E-state index in [1.165, 1.54) is 22.8 Å². The number of nitro benzene ring substituents is 1. The first kappa shape index (κ1) is 14.9. The summed E-state index contributed by atoms with van der Waals surface area (Å²) in [6, 6.07) is 5.38. The maximum Gasteiger partial charge on any atom is 0.347 e. The summed E-state index contributed by atoms with van der Waals surface area (Å²) in [5, 5.41) is 17.2. The van der Waals surface area contributed by atoms with Crippen LogP contribution in [0.4, 0.5) is 5.69 Å². The normalized spacial score (nSPS) is 13.9. The van der Waals surface area contributed by atoms with Crippen molar-refractivity contribution in [3.05, 3.63) is 50.7 Å². The first-order valence-electron chi connectivity index (χ1n) is 6.63. The van der Waals surface area contributed by atoms with E-state index in [0.717, 1.165) is 6.42 Å². The number of nitro groups is 1. The van der Waals surface area contributed by atoms with E-state index >= 15 is 0 Å². The van der Waals surface area contributed by atoms with Crippen LogP contribution in [0.3, 0.4) is 0 Å². The van der Waals surface area contributed by atoms with Gasteiger partial charge in [0, 0.05) is 12.1 Å². The number of nitrogens with two attached hydrogens (primary N) is 1. The second kappa shape index (κ2) is 5.88. The van der Waals surface area contributed by atoms with Gasteiger partial charge >= 0.3 is 5.69 Å². The SMILES string of the molecule is CC[C@H](C)[C@H](N)c1n[nH]c(=O)n1-c1cccc([N+](=O)[O-])c1. The van der Waals surface area contributed by atoms with Gasteiger partial charge in [-0.3, -0.25) is 10.1 Å². The number of benzene rings is 1. The number of rotatable bonds is 5. The number of hydrogen-bond donors (Lipinski definition) is 2. The Bertz CT molecular complexity index is 706. The van der Waals surface area contributed by atoms with Crippen LogP contribution in [0.25, 0.3) is 5.69 Å². The molecule has 1 aromatic carbocycles. The molecule has 8 heteroatoms. The summed E-state index contributed by atoms with van der Waals surface area (Å²) in [4.78, 5) is 22.3. The van der Waals surface area contributed by atoms with Crippen molar-refractivity contribution in [1.82, 2.24) is 14.8 Å². The van der Waals surface area contributed by atoms with E-state index in [9.17, 15) is 14.9 Å². The summed E-state index contributed by atoms with van der Waals surface area (Å²) in [5.74, 6) is 0.493. The van der Waals surface area contributed by atoms with Crippen LogP contribution in [0.5, 0.6) is 0 Å². The predicted octanol–water partition coefficient (Wildman–Crippen LogP) is 1.51. The molecule has 2 atom stereocenters. The molecule has 3 N–H and O–H groups in total. The van der Waals surface area contributed by atoms with E-state index in [0.29, 0.717) is 11.5 Å². The lowest BCUT2D eigenvalue weighted by Crippen LogP contribution is -2.25. The fourth-order valence-electron chi connectivity index (χ4n) is 2.04. The Hall–Kier alpha value is -2.48. The molecule has 1 aromatic heterocycles. The minimum absolute atomic E-state index is 0.0938. The molecule has 0 saturated carbocycles. The van der Waals surface area contributed by atoms with Crippen molar-refractivity contribution in [2.45, 2.75) is 26.3 Å². The average Bonchev–Trinajstić information content (AvgIpc) is 2.87. The molecule has 0 saturated heterocycles. The number of nitrogens with zero attached hydrogens (tertiary/aromatic N) is 3. The quantitative estimate of drug-likeness (QED) is 0.639. The minimum atomic E-state index is -0.511. The van der Waals surface area contributed by atoms with Gasteiger partial charge in [-0.25, -0.2) is 14.5 Å². The molecule has 0 spiro atoms. The van der Waals surface area contributed by atoms with Gasteiger partial charge in [0.05, 0.1) is 16.7 Å². The minimum Gasteiger partial charge on any atom is -0.321 e. The van der Waals surface area contributed by atoms with Crippen molar-refractivity contribution in [3.63, 3.8) is 0 Å².